The maximum atomic E-state index is 11.9. The number of anilines is 1. The lowest BCUT2D eigenvalue weighted by Gasteiger charge is -2.06. The van der Waals surface area contributed by atoms with E-state index in [9.17, 15) is 9.59 Å². The van der Waals surface area contributed by atoms with Crippen LogP contribution in [0.3, 0.4) is 0 Å². The van der Waals surface area contributed by atoms with Crippen LogP contribution < -0.4 is 10.6 Å². The van der Waals surface area contributed by atoms with E-state index in [0.717, 1.165) is 16.1 Å². The molecule has 0 aliphatic carbocycles. The molecule has 5 nitrogen and oxygen atoms in total. The van der Waals surface area contributed by atoms with Gasteiger partial charge in [0.2, 0.25) is 11.8 Å². The minimum atomic E-state index is -0.317. The minimum absolute atomic E-state index is 0.0911. The third-order valence-electron chi connectivity index (χ3n) is 3.50. The van der Waals surface area contributed by atoms with Crippen molar-refractivity contribution >= 4 is 34.9 Å². The molecule has 3 aromatic rings. The molecule has 2 N–H and O–H groups in total. The fraction of sp³-hybridized carbons (Fsp3) is 0.0500. The molecular weight excluding hydrogens is 346 g/mol. The zero-order chi connectivity index (χ0) is 18.2. The van der Waals surface area contributed by atoms with Gasteiger partial charge >= 0.3 is 0 Å². The molecule has 130 valence electrons. The molecule has 3 rings (SSSR count). The van der Waals surface area contributed by atoms with Crippen molar-refractivity contribution in [1.29, 1.82) is 0 Å². The molecule has 0 radical (unpaired) electrons. The smallest absolute Gasteiger partial charge is 0.244 e. The van der Waals surface area contributed by atoms with Gasteiger partial charge in [-0.15, -0.1) is 11.3 Å². The van der Waals surface area contributed by atoms with Crippen LogP contribution in [0.4, 0.5) is 5.69 Å². The summed E-state index contributed by atoms with van der Waals surface area (Å²) in [4.78, 5) is 28.0. The summed E-state index contributed by atoms with van der Waals surface area (Å²) >= 11 is 1.56. The molecule has 0 aliphatic rings. The van der Waals surface area contributed by atoms with Gasteiger partial charge in [-0.3, -0.25) is 9.59 Å². The summed E-state index contributed by atoms with van der Waals surface area (Å²) in [5, 5.41) is 8.16. The van der Waals surface area contributed by atoms with Crippen molar-refractivity contribution in [3.05, 3.63) is 77.8 Å². The number of amides is 2. The first-order valence-corrected chi connectivity index (χ1v) is 8.89. The van der Waals surface area contributed by atoms with Crippen molar-refractivity contribution in [3.8, 4) is 10.6 Å². The SMILES string of the molecule is O=C(/C=C/c1ccccc1)NCC(=O)Nc1ccc(-c2nccs2)cc1. The Hall–Kier alpha value is -3.25. The van der Waals surface area contributed by atoms with Gasteiger partial charge in [0, 0.05) is 28.9 Å². The summed E-state index contributed by atoms with van der Waals surface area (Å²) < 4.78 is 0. The van der Waals surface area contributed by atoms with Crippen LogP contribution in [0.25, 0.3) is 16.6 Å². The highest BCUT2D eigenvalue weighted by Gasteiger charge is 2.05. The number of benzene rings is 2. The van der Waals surface area contributed by atoms with Gasteiger partial charge in [0.25, 0.3) is 0 Å². The highest BCUT2D eigenvalue weighted by molar-refractivity contribution is 7.13. The fourth-order valence-corrected chi connectivity index (χ4v) is 2.87. The third kappa shape index (κ3) is 5.12. The zero-order valence-corrected chi connectivity index (χ0v) is 14.7. The fourth-order valence-electron chi connectivity index (χ4n) is 2.23. The number of hydrogen-bond acceptors (Lipinski definition) is 4. The van der Waals surface area contributed by atoms with Gasteiger partial charge in [-0.05, 0) is 35.9 Å². The van der Waals surface area contributed by atoms with Crippen molar-refractivity contribution in [2.24, 2.45) is 0 Å². The van der Waals surface area contributed by atoms with Gasteiger partial charge in [-0.25, -0.2) is 4.98 Å². The van der Waals surface area contributed by atoms with Crippen LogP contribution in [-0.2, 0) is 9.59 Å². The number of thiazole rings is 1. The van der Waals surface area contributed by atoms with E-state index in [1.54, 1.807) is 23.6 Å². The highest BCUT2D eigenvalue weighted by atomic mass is 32.1. The second-order valence-corrected chi connectivity index (χ2v) is 6.32. The van der Waals surface area contributed by atoms with Crippen LogP contribution in [0, 0.1) is 0 Å². The molecule has 6 heteroatoms. The van der Waals surface area contributed by atoms with E-state index >= 15 is 0 Å². The largest absolute Gasteiger partial charge is 0.343 e. The van der Waals surface area contributed by atoms with Gasteiger partial charge < -0.3 is 10.6 Å². The van der Waals surface area contributed by atoms with E-state index in [1.807, 2.05) is 60.0 Å². The molecule has 0 fully saturated rings. The molecule has 2 aromatic carbocycles. The van der Waals surface area contributed by atoms with Gasteiger partial charge in [0.1, 0.15) is 5.01 Å². The first-order valence-electron chi connectivity index (χ1n) is 8.01. The number of nitrogens with zero attached hydrogens (tertiary/aromatic N) is 1. The first kappa shape index (κ1) is 17.6. The third-order valence-corrected chi connectivity index (χ3v) is 4.32. The van der Waals surface area contributed by atoms with Gasteiger partial charge in [0.15, 0.2) is 0 Å². The Morgan fingerprint density at radius 2 is 1.81 bits per heavy atom. The van der Waals surface area contributed by atoms with E-state index in [1.165, 1.54) is 6.08 Å². The Labute approximate surface area is 155 Å². The number of rotatable bonds is 6. The van der Waals surface area contributed by atoms with E-state index in [2.05, 4.69) is 15.6 Å². The molecule has 0 saturated carbocycles. The molecule has 0 spiro atoms. The minimum Gasteiger partial charge on any atom is -0.343 e. The first-order chi connectivity index (χ1) is 12.7. The Morgan fingerprint density at radius 1 is 1.04 bits per heavy atom. The van der Waals surface area contributed by atoms with Crippen LogP contribution in [0.1, 0.15) is 5.56 Å². The maximum absolute atomic E-state index is 11.9. The summed E-state index contributed by atoms with van der Waals surface area (Å²) in [7, 11) is 0. The van der Waals surface area contributed by atoms with E-state index < -0.39 is 0 Å². The van der Waals surface area contributed by atoms with Crippen molar-refractivity contribution in [1.82, 2.24) is 10.3 Å². The molecule has 0 unspecified atom stereocenters. The number of carbonyl (C=O) groups excluding carboxylic acids is 2. The van der Waals surface area contributed by atoms with E-state index in [-0.39, 0.29) is 18.4 Å². The lowest BCUT2D eigenvalue weighted by molar-refractivity contribution is -0.121. The molecule has 0 atom stereocenters. The van der Waals surface area contributed by atoms with Crippen LogP contribution >= 0.6 is 11.3 Å². The second-order valence-electron chi connectivity index (χ2n) is 5.42. The van der Waals surface area contributed by atoms with Gasteiger partial charge in [0.05, 0.1) is 6.54 Å². The van der Waals surface area contributed by atoms with Crippen molar-refractivity contribution in [2.45, 2.75) is 0 Å². The number of nitrogens with one attached hydrogen (secondary N) is 2. The number of hydrogen-bond donors (Lipinski definition) is 2. The zero-order valence-electron chi connectivity index (χ0n) is 13.9. The molecular formula is C20H17N3O2S. The monoisotopic (exact) mass is 363 g/mol. The van der Waals surface area contributed by atoms with Crippen molar-refractivity contribution < 1.29 is 9.59 Å². The molecule has 26 heavy (non-hydrogen) atoms. The predicted octanol–water partition coefficient (Wildman–Crippen LogP) is 3.58. The summed E-state index contributed by atoms with van der Waals surface area (Å²) in [6, 6.07) is 16.9. The average Bonchev–Trinajstić information content (AvgIpc) is 3.21. The Balaban J connectivity index is 1.46. The quantitative estimate of drug-likeness (QED) is 0.658. The van der Waals surface area contributed by atoms with E-state index in [0.29, 0.717) is 5.69 Å². The van der Waals surface area contributed by atoms with Crippen LogP contribution in [0.15, 0.2) is 72.3 Å². The molecule has 0 bridgehead atoms. The molecule has 2 amide bonds. The van der Waals surface area contributed by atoms with E-state index in [4.69, 9.17) is 0 Å². The maximum Gasteiger partial charge on any atom is 0.244 e. The van der Waals surface area contributed by atoms with Crippen LogP contribution in [-0.4, -0.2) is 23.3 Å². The van der Waals surface area contributed by atoms with Crippen molar-refractivity contribution in [3.63, 3.8) is 0 Å². The number of carbonyl (C=O) groups is 2. The Morgan fingerprint density at radius 3 is 2.50 bits per heavy atom. The Kier molecular flexibility index (Phi) is 5.90. The predicted molar refractivity (Wildman–Crippen MR) is 105 cm³/mol. The normalized spacial score (nSPS) is 10.6. The van der Waals surface area contributed by atoms with Gasteiger partial charge in [-0.1, -0.05) is 30.3 Å². The van der Waals surface area contributed by atoms with Crippen molar-refractivity contribution in [2.75, 3.05) is 11.9 Å². The topological polar surface area (TPSA) is 71.1 Å². The summed E-state index contributed by atoms with van der Waals surface area (Å²) in [6.07, 6.45) is 4.86. The Bertz CT molecular complexity index is 889. The lowest BCUT2D eigenvalue weighted by atomic mass is 10.2. The molecule has 1 heterocycles. The molecule has 0 saturated heterocycles. The molecule has 1 aromatic heterocycles. The summed E-state index contributed by atoms with van der Waals surface area (Å²) in [5.74, 6) is -0.600. The second kappa shape index (κ2) is 8.73. The standard InChI is InChI=1S/C20H17N3O2S/c24-18(11-6-15-4-2-1-3-5-15)22-14-19(25)23-17-9-7-16(8-10-17)20-21-12-13-26-20/h1-13H,14H2,(H,22,24)(H,23,25)/b11-6+. The molecule has 0 aliphatic heterocycles. The number of aromatic nitrogens is 1. The lowest BCUT2D eigenvalue weighted by Crippen LogP contribution is -2.31. The highest BCUT2D eigenvalue weighted by Crippen LogP contribution is 2.23. The average molecular weight is 363 g/mol. The summed E-state index contributed by atoms with van der Waals surface area (Å²) in [6.45, 7) is -0.0911. The summed E-state index contributed by atoms with van der Waals surface area (Å²) in [5.41, 5.74) is 2.59. The van der Waals surface area contributed by atoms with Crippen LogP contribution in [0.2, 0.25) is 0 Å². The van der Waals surface area contributed by atoms with Crippen LogP contribution in [0.5, 0.6) is 0 Å². The van der Waals surface area contributed by atoms with Gasteiger partial charge in [-0.2, -0.15) is 0 Å².